The van der Waals surface area contributed by atoms with E-state index in [9.17, 15) is 4.79 Å². The number of hydrogen-bond donors (Lipinski definition) is 1. The van der Waals surface area contributed by atoms with E-state index in [4.69, 9.17) is 5.11 Å². The van der Waals surface area contributed by atoms with Crippen molar-refractivity contribution in [2.45, 2.75) is 20.3 Å². The summed E-state index contributed by atoms with van der Waals surface area (Å²) in [6, 6.07) is 8.13. The summed E-state index contributed by atoms with van der Waals surface area (Å²) in [6.07, 6.45) is 0.586. The van der Waals surface area contributed by atoms with Gasteiger partial charge in [-0.25, -0.2) is 0 Å². The number of fused-ring (bicyclic) bond motifs is 1. The predicted octanol–water partition coefficient (Wildman–Crippen LogP) is 2.75. The maximum absolute atomic E-state index is 11.0. The first-order valence-electron chi connectivity index (χ1n) is 5.78. The Balaban J connectivity index is 2.53. The fourth-order valence-electron chi connectivity index (χ4n) is 2.25. The lowest BCUT2D eigenvalue weighted by atomic mass is 9.99. The summed E-state index contributed by atoms with van der Waals surface area (Å²) < 4.78 is 2.12. The minimum absolute atomic E-state index is 0.348. The molecule has 1 N–H and O–H groups in total. The van der Waals surface area contributed by atoms with E-state index >= 15 is 0 Å². The van der Waals surface area contributed by atoms with Crippen molar-refractivity contribution in [3.8, 4) is 0 Å². The van der Waals surface area contributed by atoms with Gasteiger partial charge in [0.25, 0.3) is 0 Å². The minimum atomic E-state index is -0.739. The minimum Gasteiger partial charge on any atom is -0.481 e. The summed E-state index contributed by atoms with van der Waals surface area (Å²) in [6.45, 7) is 3.80. The molecule has 0 saturated heterocycles. The summed E-state index contributed by atoms with van der Waals surface area (Å²) in [5.41, 5.74) is 3.47. The number of carboxylic acid groups (broad SMARTS) is 1. The van der Waals surface area contributed by atoms with Crippen LogP contribution in [0.1, 0.15) is 18.2 Å². The number of carbonyl (C=O) groups is 1. The van der Waals surface area contributed by atoms with Crippen molar-refractivity contribution in [2.75, 3.05) is 0 Å². The van der Waals surface area contributed by atoms with Crippen LogP contribution in [0.4, 0.5) is 0 Å². The van der Waals surface area contributed by atoms with Crippen molar-refractivity contribution in [2.24, 2.45) is 13.0 Å². The van der Waals surface area contributed by atoms with E-state index in [1.165, 1.54) is 5.39 Å². The molecule has 1 unspecified atom stereocenters. The molecule has 1 atom stereocenters. The van der Waals surface area contributed by atoms with Gasteiger partial charge in [0.1, 0.15) is 0 Å². The topological polar surface area (TPSA) is 42.2 Å². The molecule has 0 amide bonds. The second kappa shape index (κ2) is 4.24. The van der Waals surface area contributed by atoms with E-state index in [1.807, 2.05) is 26.1 Å². The van der Waals surface area contributed by atoms with Crippen LogP contribution in [0.25, 0.3) is 10.9 Å². The highest BCUT2D eigenvalue weighted by Gasteiger charge is 2.17. The van der Waals surface area contributed by atoms with Gasteiger partial charge in [-0.1, -0.05) is 25.1 Å². The van der Waals surface area contributed by atoms with Crippen molar-refractivity contribution in [1.82, 2.24) is 4.57 Å². The van der Waals surface area contributed by atoms with Gasteiger partial charge in [0.15, 0.2) is 0 Å². The molecule has 3 nitrogen and oxygen atoms in total. The number of aromatic nitrogens is 1. The molecule has 1 aromatic heterocycles. The van der Waals surface area contributed by atoms with Crippen LogP contribution in [0.5, 0.6) is 0 Å². The number of rotatable bonds is 3. The molecule has 90 valence electrons. The molecule has 0 fully saturated rings. The second-order valence-electron chi connectivity index (χ2n) is 4.58. The average molecular weight is 231 g/mol. The van der Waals surface area contributed by atoms with E-state index in [0.717, 1.165) is 16.8 Å². The zero-order valence-electron chi connectivity index (χ0n) is 10.4. The zero-order valence-corrected chi connectivity index (χ0v) is 10.4. The molecule has 1 heterocycles. The molecule has 0 spiro atoms. The number of para-hydroxylation sites is 1. The maximum Gasteiger partial charge on any atom is 0.306 e. The third kappa shape index (κ3) is 1.93. The van der Waals surface area contributed by atoms with Crippen molar-refractivity contribution in [3.63, 3.8) is 0 Å². The van der Waals surface area contributed by atoms with Gasteiger partial charge in [0.2, 0.25) is 0 Å². The molecule has 0 aliphatic carbocycles. The third-order valence-electron chi connectivity index (χ3n) is 3.46. The third-order valence-corrected chi connectivity index (χ3v) is 3.46. The number of benzene rings is 1. The summed E-state index contributed by atoms with van der Waals surface area (Å²) in [7, 11) is 2.02. The first-order chi connectivity index (χ1) is 8.02. The summed E-state index contributed by atoms with van der Waals surface area (Å²) in [4.78, 5) is 11.0. The Bertz CT molecular complexity index is 569. The molecule has 17 heavy (non-hydrogen) atoms. The molecule has 0 saturated carbocycles. The van der Waals surface area contributed by atoms with Crippen molar-refractivity contribution >= 4 is 16.9 Å². The molecule has 1 aromatic carbocycles. The normalized spacial score (nSPS) is 12.9. The van der Waals surface area contributed by atoms with Crippen LogP contribution in [0.3, 0.4) is 0 Å². The lowest BCUT2D eigenvalue weighted by Gasteiger charge is -2.06. The first-order valence-corrected chi connectivity index (χ1v) is 5.78. The van der Waals surface area contributed by atoms with Gasteiger partial charge in [0.05, 0.1) is 5.92 Å². The Morgan fingerprint density at radius 3 is 2.71 bits per heavy atom. The van der Waals surface area contributed by atoms with E-state index < -0.39 is 5.97 Å². The van der Waals surface area contributed by atoms with Crippen molar-refractivity contribution < 1.29 is 9.90 Å². The van der Waals surface area contributed by atoms with Crippen LogP contribution in [-0.4, -0.2) is 15.6 Å². The zero-order chi connectivity index (χ0) is 12.6. The first kappa shape index (κ1) is 11.7. The molecule has 0 radical (unpaired) electrons. The Labute approximate surface area is 101 Å². The van der Waals surface area contributed by atoms with Crippen LogP contribution in [0.15, 0.2) is 24.3 Å². The Kier molecular flexibility index (Phi) is 2.92. The second-order valence-corrected chi connectivity index (χ2v) is 4.58. The summed E-state index contributed by atoms with van der Waals surface area (Å²) in [5, 5.41) is 10.2. The Morgan fingerprint density at radius 1 is 1.41 bits per heavy atom. The fraction of sp³-hybridized carbons (Fsp3) is 0.357. The van der Waals surface area contributed by atoms with Gasteiger partial charge in [0, 0.05) is 23.6 Å². The molecular weight excluding hydrogens is 214 g/mol. The monoisotopic (exact) mass is 231 g/mol. The summed E-state index contributed by atoms with van der Waals surface area (Å²) in [5.74, 6) is -1.09. The van der Waals surface area contributed by atoms with Gasteiger partial charge in [-0.2, -0.15) is 0 Å². The molecule has 2 aromatic rings. The van der Waals surface area contributed by atoms with E-state index in [1.54, 1.807) is 6.92 Å². The van der Waals surface area contributed by atoms with Crippen LogP contribution >= 0.6 is 0 Å². The summed E-state index contributed by atoms with van der Waals surface area (Å²) >= 11 is 0. The number of aryl methyl sites for hydroxylation is 1. The number of carboxylic acids is 1. The number of hydrogen-bond acceptors (Lipinski definition) is 1. The molecule has 0 bridgehead atoms. The van der Waals surface area contributed by atoms with Gasteiger partial charge < -0.3 is 9.67 Å². The standard InChI is InChI=1S/C14H17NO2/c1-9(14(16)17)8-12-10(2)15(3)13-7-5-4-6-11(12)13/h4-7,9H,8H2,1-3H3,(H,16,17). The van der Waals surface area contributed by atoms with Gasteiger partial charge in [-0.05, 0) is 25.0 Å². The van der Waals surface area contributed by atoms with Crippen LogP contribution in [-0.2, 0) is 18.3 Å². The molecule has 0 aliphatic rings. The predicted molar refractivity (Wildman–Crippen MR) is 68.2 cm³/mol. The van der Waals surface area contributed by atoms with Crippen molar-refractivity contribution in [3.05, 3.63) is 35.5 Å². The average Bonchev–Trinajstić information content (AvgIpc) is 2.55. The quantitative estimate of drug-likeness (QED) is 0.882. The molecular formula is C14H17NO2. The highest BCUT2D eigenvalue weighted by Crippen LogP contribution is 2.26. The van der Waals surface area contributed by atoms with Crippen LogP contribution in [0, 0.1) is 12.8 Å². The smallest absolute Gasteiger partial charge is 0.306 e. The van der Waals surface area contributed by atoms with E-state index in [0.29, 0.717) is 6.42 Å². The number of nitrogens with zero attached hydrogens (tertiary/aromatic N) is 1. The lowest BCUT2D eigenvalue weighted by molar-refractivity contribution is -0.141. The van der Waals surface area contributed by atoms with Gasteiger partial charge in [-0.3, -0.25) is 4.79 Å². The highest BCUT2D eigenvalue weighted by atomic mass is 16.4. The van der Waals surface area contributed by atoms with E-state index in [-0.39, 0.29) is 5.92 Å². The lowest BCUT2D eigenvalue weighted by Crippen LogP contribution is -2.12. The SMILES string of the molecule is Cc1c(CC(C)C(=O)O)c2ccccc2n1C. The highest BCUT2D eigenvalue weighted by molar-refractivity contribution is 5.86. The number of aliphatic carboxylic acids is 1. The Hall–Kier alpha value is -1.77. The van der Waals surface area contributed by atoms with Crippen LogP contribution < -0.4 is 0 Å². The van der Waals surface area contributed by atoms with Crippen LogP contribution in [0.2, 0.25) is 0 Å². The molecule has 0 aliphatic heterocycles. The largest absolute Gasteiger partial charge is 0.481 e. The maximum atomic E-state index is 11.0. The van der Waals surface area contributed by atoms with Gasteiger partial charge in [-0.15, -0.1) is 0 Å². The Morgan fingerprint density at radius 2 is 2.06 bits per heavy atom. The molecule has 3 heteroatoms. The van der Waals surface area contributed by atoms with Gasteiger partial charge >= 0.3 is 5.97 Å². The van der Waals surface area contributed by atoms with Crippen molar-refractivity contribution in [1.29, 1.82) is 0 Å². The molecule has 2 rings (SSSR count). The fourth-order valence-corrected chi connectivity index (χ4v) is 2.25. The van der Waals surface area contributed by atoms with E-state index in [2.05, 4.69) is 16.7 Å².